The van der Waals surface area contributed by atoms with Crippen LogP contribution in [-0.2, 0) is 17.9 Å². The first-order chi connectivity index (χ1) is 15.7. The first-order valence-electron chi connectivity index (χ1n) is 10.6. The van der Waals surface area contributed by atoms with E-state index in [1.54, 1.807) is 23.5 Å². The minimum Gasteiger partial charge on any atom is -0.339 e. The van der Waals surface area contributed by atoms with Crippen LogP contribution in [0.25, 0.3) is 21.5 Å². The lowest BCUT2D eigenvalue weighted by Gasteiger charge is -2.34. The minimum atomic E-state index is -0.180. The van der Waals surface area contributed by atoms with Crippen LogP contribution in [0.1, 0.15) is 5.69 Å². The van der Waals surface area contributed by atoms with Crippen LogP contribution in [0.5, 0.6) is 0 Å². The second-order valence-corrected chi connectivity index (χ2v) is 8.72. The third-order valence-corrected chi connectivity index (χ3v) is 6.66. The maximum atomic E-state index is 12.8. The predicted molar refractivity (Wildman–Crippen MR) is 125 cm³/mol. The molecule has 0 unspecified atom stereocenters. The van der Waals surface area contributed by atoms with Gasteiger partial charge in [0.15, 0.2) is 0 Å². The van der Waals surface area contributed by atoms with Crippen molar-refractivity contribution >= 4 is 28.1 Å². The number of amides is 1. The number of nitrogens with zero attached hydrogens (tertiary/aromatic N) is 5. The number of thiazole rings is 1. The van der Waals surface area contributed by atoms with Crippen LogP contribution in [0.4, 0.5) is 0 Å². The summed E-state index contributed by atoms with van der Waals surface area (Å²) in [5.41, 5.74) is 2.66. The molecule has 8 heteroatoms. The Morgan fingerprint density at radius 1 is 0.969 bits per heavy atom. The van der Waals surface area contributed by atoms with E-state index in [4.69, 9.17) is 4.98 Å². The highest BCUT2D eigenvalue weighted by Gasteiger charge is 2.22. The molecule has 1 fully saturated rings. The molecule has 2 aromatic carbocycles. The number of hydrogen-bond acceptors (Lipinski definition) is 6. The number of carbonyl (C=O) groups excluding carboxylic acids is 1. The summed E-state index contributed by atoms with van der Waals surface area (Å²) in [6, 6.07) is 17.4. The summed E-state index contributed by atoms with van der Waals surface area (Å²) in [6.45, 7) is 3.65. The van der Waals surface area contributed by atoms with Crippen molar-refractivity contribution in [1.82, 2.24) is 24.3 Å². The lowest BCUT2D eigenvalue weighted by Crippen LogP contribution is -2.49. The Kier molecular flexibility index (Phi) is 5.79. The van der Waals surface area contributed by atoms with Gasteiger partial charge < -0.3 is 4.90 Å². The molecule has 0 N–H and O–H groups in total. The number of fused-ring (bicyclic) bond motifs is 1. The normalized spacial score (nSPS) is 14.7. The summed E-state index contributed by atoms with van der Waals surface area (Å²) >= 11 is 1.66. The zero-order valence-corrected chi connectivity index (χ0v) is 18.4. The molecule has 162 valence electrons. The van der Waals surface area contributed by atoms with Gasteiger partial charge in [-0.1, -0.05) is 42.5 Å². The molecule has 32 heavy (non-hydrogen) atoms. The SMILES string of the molecule is O=C(Cn1cnc2ccccc2c1=O)N1CCN(Cc2csc(-c3ccccc3)n2)CC1. The largest absolute Gasteiger partial charge is 0.339 e. The van der Waals surface area contributed by atoms with Crippen molar-refractivity contribution in [3.8, 4) is 10.6 Å². The van der Waals surface area contributed by atoms with E-state index in [1.807, 2.05) is 35.2 Å². The Morgan fingerprint density at radius 3 is 2.53 bits per heavy atom. The molecule has 0 saturated carbocycles. The van der Waals surface area contributed by atoms with Crippen LogP contribution in [0.15, 0.2) is 71.1 Å². The van der Waals surface area contributed by atoms with Crippen LogP contribution in [0.3, 0.4) is 0 Å². The molecule has 2 aromatic heterocycles. The van der Waals surface area contributed by atoms with E-state index in [9.17, 15) is 9.59 Å². The standard InChI is InChI=1S/C24H23N5O2S/c30-22(15-29-17-25-21-9-5-4-8-20(21)24(29)31)28-12-10-27(11-13-28)14-19-16-32-23(26-19)18-6-2-1-3-7-18/h1-9,16-17H,10-15H2. The van der Waals surface area contributed by atoms with E-state index in [1.165, 1.54) is 10.9 Å². The van der Waals surface area contributed by atoms with E-state index in [-0.39, 0.29) is 18.0 Å². The molecule has 4 aromatic rings. The second kappa shape index (κ2) is 9.02. The van der Waals surface area contributed by atoms with Gasteiger partial charge in [0.05, 0.1) is 22.9 Å². The molecule has 1 amide bonds. The average molecular weight is 446 g/mol. The van der Waals surface area contributed by atoms with Crippen molar-refractivity contribution in [3.05, 3.63) is 82.4 Å². The Bertz CT molecular complexity index is 1290. The van der Waals surface area contributed by atoms with E-state index in [2.05, 4.69) is 27.4 Å². The van der Waals surface area contributed by atoms with Crippen LogP contribution < -0.4 is 5.56 Å². The number of para-hydroxylation sites is 1. The third kappa shape index (κ3) is 4.32. The lowest BCUT2D eigenvalue weighted by atomic mass is 10.2. The highest BCUT2D eigenvalue weighted by atomic mass is 32.1. The Balaban J connectivity index is 1.17. The Morgan fingerprint density at radius 2 is 1.72 bits per heavy atom. The maximum absolute atomic E-state index is 12.8. The molecule has 3 heterocycles. The smallest absolute Gasteiger partial charge is 0.261 e. The Hall–Kier alpha value is -3.36. The van der Waals surface area contributed by atoms with Gasteiger partial charge in [0.2, 0.25) is 5.91 Å². The van der Waals surface area contributed by atoms with Crippen LogP contribution in [0.2, 0.25) is 0 Å². The first-order valence-corrected chi connectivity index (χ1v) is 11.5. The number of hydrogen-bond donors (Lipinski definition) is 0. The zero-order valence-electron chi connectivity index (χ0n) is 17.6. The summed E-state index contributed by atoms with van der Waals surface area (Å²) in [7, 11) is 0. The van der Waals surface area contributed by atoms with Gasteiger partial charge in [0, 0.05) is 43.7 Å². The van der Waals surface area contributed by atoms with E-state index in [0.29, 0.717) is 24.0 Å². The highest BCUT2D eigenvalue weighted by molar-refractivity contribution is 7.13. The topological polar surface area (TPSA) is 71.3 Å². The minimum absolute atomic E-state index is 0.0171. The van der Waals surface area contributed by atoms with Crippen LogP contribution in [0, 0.1) is 0 Å². The number of aromatic nitrogens is 3. The van der Waals surface area contributed by atoms with E-state index >= 15 is 0 Å². The molecular formula is C24H23N5O2S. The molecule has 0 atom stereocenters. The van der Waals surface area contributed by atoms with Gasteiger partial charge in [0.25, 0.3) is 5.56 Å². The van der Waals surface area contributed by atoms with Gasteiger partial charge in [-0.05, 0) is 12.1 Å². The fraction of sp³-hybridized carbons (Fsp3) is 0.250. The molecule has 0 bridgehead atoms. The molecule has 0 aliphatic carbocycles. The summed E-state index contributed by atoms with van der Waals surface area (Å²) in [5.74, 6) is -0.0520. The highest BCUT2D eigenvalue weighted by Crippen LogP contribution is 2.24. The van der Waals surface area contributed by atoms with Gasteiger partial charge in [0.1, 0.15) is 11.6 Å². The van der Waals surface area contributed by atoms with Crippen LogP contribution in [-0.4, -0.2) is 56.4 Å². The van der Waals surface area contributed by atoms with Crippen molar-refractivity contribution in [2.75, 3.05) is 26.2 Å². The molecule has 1 aliphatic rings. The quantitative estimate of drug-likeness (QED) is 0.472. The number of carbonyl (C=O) groups is 1. The van der Waals surface area contributed by atoms with Crippen molar-refractivity contribution in [3.63, 3.8) is 0 Å². The molecule has 0 spiro atoms. The van der Waals surface area contributed by atoms with Crippen molar-refractivity contribution < 1.29 is 4.79 Å². The van der Waals surface area contributed by atoms with Crippen molar-refractivity contribution in [1.29, 1.82) is 0 Å². The lowest BCUT2D eigenvalue weighted by molar-refractivity contribution is -0.133. The van der Waals surface area contributed by atoms with Gasteiger partial charge in [-0.15, -0.1) is 11.3 Å². The molecule has 1 aliphatic heterocycles. The summed E-state index contributed by atoms with van der Waals surface area (Å²) in [4.78, 5) is 38.7. The van der Waals surface area contributed by atoms with Crippen LogP contribution >= 0.6 is 11.3 Å². The van der Waals surface area contributed by atoms with Gasteiger partial charge >= 0.3 is 0 Å². The van der Waals surface area contributed by atoms with Gasteiger partial charge in [-0.25, -0.2) is 9.97 Å². The molecule has 5 rings (SSSR count). The second-order valence-electron chi connectivity index (χ2n) is 7.86. The fourth-order valence-electron chi connectivity index (χ4n) is 3.94. The van der Waals surface area contributed by atoms with E-state index in [0.717, 1.165) is 35.9 Å². The van der Waals surface area contributed by atoms with Crippen molar-refractivity contribution in [2.24, 2.45) is 0 Å². The third-order valence-electron chi connectivity index (χ3n) is 5.72. The summed E-state index contributed by atoms with van der Waals surface area (Å²) in [5, 5.41) is 3.67. The van der Waals surface area contributed by atoms with Gasteiger partial charge in [-0.2, -0.15) is 0 Å². The predicted octanol–water partition coefficient (Wildman–Crippen LogP) is 2.86. The zero-order chi connectivity index (χ0) is 21.9. The number of rotatable bonds is 5. The number of piperazine rings is 1. The summed E-state index contributed by atoms with van der Waals surface area (Å²) < 4.78 is 1.40. The first kappa shape index (κ1) is 20.5. The fourth-order valence-corrected chi connectivity index (χ4v) is 4.76. The summed E-state index contributed by atoms with van der Waals surface area (Å²) in [6.07, 6.45) is 1.46. The molecule has 7 nitrogen and oxygen atoms in total. The van der Waals surface area contributed by atoms with Crippen molar-refractivity contribution in [2.45, 2.75) is 13.1 Å². The molecule has 0 radical (unpaired) electrons. The molecular weight excluding hydrogens is 422 g/mol. The van der Waals surface area contributed by atoms with Gasteiger partial charge in [-0.3, -0.25) is 19.1 Å². The average Bonchev–Trinajstić information content (AvgIpc) is 3.30. The Labute approximate surface area is 189 Å². The monoisotopic (exact) mass is 445 g/mol. The van der Waals surface area contributed by atoms with E-state index < -0.39 is 0 Å². The molecule has 1 saturated heterocycles. The number of benzene rings is 2. The maximum Gasteiger partial charge on any atom is 0.261 e.